The third-order valence-corrected chi connectivity index (χ3v) is 3.77. The van der Waals surface area contributed by atoms with Crippen molar-refractivity contribution in [2.45, 2.75) is 96.5 Å². The minimum atomic E-state index is -0.441. The fourth-order valence-corrected chi connectivity index (χ4v) is 2.46. The van der Waals surface area contributed by atoms with E-state index < -0.39 is 6.10 Å². The average Bonchev–Trinajstić information content (AvgIpc) is 2.46. The highest BCUT2D eigenvalue weighted by molar-refractivity contribution is 5.64. The molecule has 0 heterocycles. The monoisotopic (exact) mass is 282 g/mol. The topological polar surface area (TPSA) is 37.3 Å². The van der Waals surface area contributed by atoms with Crippen LogP contribution in [-0.2, 0) is 4.79 Å². The van der Waals surface area contributed by atoms with E-state index in [2.05, 4.69) is 6.92 Å². The Kier molecular flexibility index (Phi) is 15.9. The van der Waals surface area contributed by atoms with Gasteiger partial charge in [0.05, 0.1) is 6.10 Å². The molecule has 20 heavy (non-hydrogen) atoms. The van der Waals surface area contributed by atoms with Gasteiger partial charge in [0.25, 0.3) is 0 Å². The number of aliphatic hydroxyl groups excluding tert-OH is 1. The standard InChI is InChI=1S/C18H34O2/c1-2-3-4-5-6-7-8-9-10-11-12-13-15-18(20)16-14-17-19/h14,16-18,20H,2-13,15H2,1H3/b16-14+. The summed E-state index contributed by atoms with van der Waals surface area (Å²) >= 11 is 0. The zero-order valence-electron chi connectivity index (χ0n) is 13.4. The molecule has 118 valence electrons. The second-order valence-corrected chi connectivity index (χ2v) is 5.77. The fourth-order valence-electron chi connectivity index (χ4n) is 2.46. The Morgan fingerprint density at radius 1 is 0.800 bits per heavy atom. The maximum absolute atomic E-state index is 10.1. The normalized spacial score (nSPS) is 12.9. The Labute approximate surface area is 125 Å². The van der Waals surface area contributed by atoms with E-state index in [1.165, 1.54) is 76.7 Å². The minimum absolute atomic E-state index is 0.441. The third-order valence-electron chi connectivity index (χ3n) is 3.77. The van der Waals surface area contributed by atoms with Gasteiger partial charge in [0.1, 0.15) is 6.29 Å². The molecule has 2 nitrogen and oxygen atoms in total. The van der Waals surface area contributed by atoms with Crippen molar-refractivity contribution in [3.8, 4) is 0 Å². The molecule has 0 amide bonds. The third kappa shape index (κ3) is 15.4. The predicted octanol–water partition coefficient (Wildman–Crippen LogP) is 5.19. The molecule has 0 aromatic heterocycles. The summed E-state index contributed by atoms with van der Waals surface area (Å²) in [6.45, 7) is 2.26. The molecule has 0 bridgehead atoms. The van der Waals surface area contributed by atoms with Gasteiger partial charge in [0.2, 0.25) is 0 Å². The number of rotatable bonds is 15. The number of aldehydes is 1. The maximum atomic E-state index is 10.1. The molecule has 0 radical (unpaired) electrons. The molecule has 0 saturated heterocycles. The van der Waals surface area contributed by atoms with Gasteiger partial charge in [-0.15, -0.1) is 0 Å². The van der Waals surface area contributed by atoms with Crippen LogP contribution in [-0.4, -0.2) is 17.5 Å². The summed E-state index contributed by atoms with van der Waals surface area (Å²) in [5, 5.41) is 9.50. The van der Waals surface area contributed by atoms with Crippen molar-refractivity contribution < 1.29 is 9.90 Å². The summed E-state index contributed by atoms with van der Waals surface area (Å²) in [4.78, 5) is 10.1. The molecule has 0 spiro atoms. The smallest absolute Gasteiger partial charge is 0.142 e. The van der Waals surface area contributed by atoms with Crippen LogP contribution < -0.4 is 0 Å². The molecule has 2 heteroatoms. The largest absolute Gasteiger partial charge is 0.389 e. The Morgan fingerprint density at radius 2 is 1.25 bits per heavy atom. The van der Waals surface area contributed by atoms with E-state index in [4.69, 9.17) is 0 Å². The number of hydrogen-bond acceptors (Lipinski definition) is 2. The number of hydrogen-bond donors (Lipinski definition) is 1. The highest BCUT2D eigenvalue weighted by atomic mass is 16.3. The SMILES string of the molecule is CCCCCCCCCCCCCCC(O)/C=C/C=O. The van der Waals surface area contributed by atoms with Crippen LogP contribution in [0.1, 0.15) is 90.4 Å². The Morgan fingerprint density at radius 3 is 1.70 bits per heavy atom. The molecule has 1 N–H and O–H groups in total. The van der Waals surface area contributed by atoms with Crippen LogP contribution in [0.3, 0.4) is 0 Å². The first-order valence-corrected chi connectivity index (χ1v) is 8.61. The van der Waals surface area contributed by atoms with E-state index in [1.807, 2.05) is 0 Å². The van der Waals surface area contributed by atoms with E-state index in [9.17, 15) is 9.90 Å². The van der Waals surface area contributed by atoms with Crippen molar-refractivity contribution in [2.75, 3.05) is 0 Å². The van der Waals surface area contributed by atoms with Crippen LogP contribution in [0.4, 0.5) is 0 Å². The van der Waals surface area contributed by atoms with Gasteiger partial charge in [-0.1, -0.05) is 90.0 Å². The lowest BCUT2D eigenvalue weighted by Crippen LogP contribution is -2.01. The molecular formula is C18H34O2. The Bertz CT molecular complexity index is 223. The lowest BCUT2D eigenvalue weighted by atomic mass is 10.0. The van der Waals surface area contributed by atoms with Crippen LogP contribution in [0.5, 0.6) is 0 Å². The van der Waals surface area contributed by atoms with Crippen molar-refractivity contribution in [2.24, 2.45) is 0 Å². The van der Waals surface area contributed by atoms with E-state index in [-0.39, 0.29) is 0 Å². The van der Waals surface area contributed by atoms with Gasteiger partial charge < -0.3 is 5.11 Å². The first-order valence-electron chi connectivity index (χ1n) is 8.61. The van der Waals surface area contributed by atoms with Crippen molar-refractivity contribution in [3.05, 3.63) is 12.2 Å². The van der Waals surface area contributed by atoms with Gasteiger partial charge in [-0.05, 0) is 12.5 Å². The first-order chi connectivity index (χ1) is 9.81. The number of aliphatic hydroxyl groups is 1. The molecule has 1 atom stereocenters. The van der Waals surface area contributed by atoms with Crippen LogP contribution in [0.25, 0.3) is 0 Å². The van der Waals surface area contributed by atoms with Crippen molar-refractivity contribution in [1.29, 1.82) is 0 Å². The maximum Gasteiger partial charge on any atom is 0.142 e. The number of allylic oxidation sites excluding steroid dienone is 1. The first kappa shape index (κ1) is 19.4. The molecule has 0 aromatic carbocycles. The fraction of sp³-hybridized carbons (Fsp3) is 0.833. The summed E-state index contributed by atoms with van der Waals surface area (Å²) in [5.41, 5.74) is 0. The molecule has 1 unspecified atom stereocenters. The van der Waals surface area contributed by atoms with Crippen LogP contribution in [0.2, 0.25) is 0 Å². The molecule has 0 fully saturated rings. The molecule has 0 aromatic rings. The van der Waals surface area contributed by atoms with E-state index >= 15 is 0 Å². The Balaban J connectivity index is 3.09. The summed E-state index contributed by atoms with van der Waals surface area (Å²) in [6.07, 6.45) is 20.0. The number of unbranched alkanes of at least 4 members (excludes halogenated alkanes) is 11. The quantitative estimate of drug-likeness (QED) is 0.255. The van der Waals surface area contributed by atoms with Gasteiger partial charge in [-0.2, -0.15) is 0 Å². The predicted molar refractivity (Wildman–Crippen MR) is 86.9 cm³/mol. The van der Waals surface area contributed by atoms with Gasteiger partial charge >= 0.3 is 0 Å². The molecule has 0 aliphatic carbocycles. The number of carbonyl (C=O) groups excluding carboxylic acids is 1. The summed E-state index contributed by atoms with van der Waals surface area (Å²) in [6, 6.07) is 0. The Hall–Kier alpha value is -0.630. The van der Waals surface area contributed by atoms with Crippen LogP contribution in [0.15, 0.2) is 12.2 Å². The molecule has 0 aliphatic heterocycles. The lowest BCUT2D eigenvalue weighted by molar-refractivity contribution is -0.104. The van der Waals surface area contributed by atoms with Crippen molar-refractivity contribution >= 4 is 6.29 Å². The minimum Gasteiger partial charge on any atom is -0.389 e. The number of carbonyl (C=O) groups is 1. The zero-order chi connectivity index (χ0) is 14.9. The highest BCUT2D eigenvalue weighted by Crippen LogP contribution is 2.13. The highest BCUT2D eigenvalue weighted by Gasteiger charge is 1.98. The van der Waals surface area contributed by atoms with Crippen molar-refractivity contribution in [1.82, 2.24) is 0 Å². The van der Waals surface area contributed by atoms with E-state index in [0.29, 0.717) is 6.29 Å². The summed E-state index contributed by atoms with van der Waals surface area (Å²) in [7, 11) is 0. The molecule has 0 saturated carbocycles. The van der Waals surface area contributed by atoms with E-state index in [0.717, 1.165) is 12.8 Å². The van der Waals surface area contributed by atoms with E-state index in [1.54, 1.807) is 6.08 Å². The summed E-state index contributed by atoms with van der Waals surface area (Å²) in [5.74, 6) is 0. The molecule has 0 aliphatic rings. The second-order valence-electron chi connectivity index (χ2n) is 5.77. The molecular weight excluding hydrogens is 248 g/mol. The van der Waals surface area contributed by atoms with Crippen molar-refractivity contribution in [3.63, 3.8) is 0 Å². The van der Waals surface area contributed by atoms with Crippen LogP contribution in [0, 0.1) is 0 Å². The lowest BCUT2D eigenvalue weighted by Gasteiger charge is -2.05. The van der Waals surface area contributed by atoms with Gasteiger partial charge in [-0.25, -0.2) is 0 Å². The molecule has 0 rings (SSSR count). The second kappa shape index (κ2) is 16.4. The van der Waals surface area contributed by atoms with Gasteiger partial charge in [-0.3, -0.25) is 4.79 Å². The van der Waals surface area contributed by atoms with Gasteiger partial charge in [0.15, 0.2) is 0 Å². The zero-order valence-corrected chi connectivity index (χ0v) is 13.4. The van der Waals surface area contributed by atoms with Gasteiger partial charge in [0, 0.05) is 0 Å². The summed E-state index contributed by atoms with van der Waals surface area (Å²) < 4.78 is 0. The average molecular weight is 282 g/mol. The van der Waals surface area contributed by atoms with Crippen LogP contribution >= 0.6 is 0 Å².